The molecule has 1 saturated heterocycles. The lowest BCUT2D eigenvalue weighted by molar-refractivity contribution is 0.0938. The van der Waals surface area contributed by atoms with E-state index in [-0.39, 0.29) is 11.9 Å². The van der Waals surface area contributed by atoms with E-state index in [2.05, 4.69) is 39.6 Å². The van der Waals surface area contributed by atoms with Gasteiger partial charge in [-0.05, 0) is 44.4 Å². The standard InChI is InChI=1S/C24H32N6O2S2/c1-4-26-18-11-30(10-15(18)12-32-3)19-8-5-14-9-16(6-7-17(14)29-19)28-23(31)21-20(25)22-24(34-21)27-13(2)33-22/h5,8,15-16,18,26H,4,6-7,9-12,25H2,1-3H3,(H,28,31). The third-order valence-corrected chi connectivity index (χ3v) is 9.03. The number of nitrogen functional groups attached to an aromatic ring is 1. The molecule has 4 N–H and O–H groups in total. The predicted octanol–water partition coefficient (Wildman–Crippen LogP) is 2.99. The summed E-state index contributed by atoms with van der Waals surface area (Å²) in [5.41, 5.74) is 9.18. The molecular weight excluding hydrogens is 468 g/mol. The highest BCUT2D eigenvalue weighted by molar-refractivity contribution is 7.29. The summed E-state index contributed by atoms with van der Waals surface area (Å²) < 4.78 is 6.37. The second kappa shape index (κ2) is 9.77. The zero-order chi connectivity index (χ0) is 23.8. The summed E-state index contributed by atoms with van der Waals surface area (Å²) in [5.74, 6) is 1.40. The Hall–Kier alpha value is -2.27. The van der Waals surface area contributed by atoms with Crippen molar-refractivity contribution >= 4 is 49.6 Å². The molecule has 3 unspecified atom stereocenters. The highest BCUT2D eigenvalue weighted by Crippen LogP contribution is 2.37. The summed E-state index contributed by atoms with van der Waals surface area (Å²) in [6, 6.07) is 4.81. The maximum atomic E-state index is 13.0. The fraction of sp³-hybridized carbons (Fsp3) is 0.542. The average molecular weight is 501 g/mol. The van der Waals surface area contributed by atoms with Gasteiger partial charge in [-0.25, -0.2) is 9.97 Å². The highest BCUT2D eigenvalue weighted by atomic mass is 32.1. The summed E-state index contributed by atoms with van der Waals surface area (Å²) in [6.07, 6.45) is 2.52. The number of nitrogens with one attached hydrogen (secondary N) is 2. The number of hydrogen-bond acceptors (Lipinski definition) is 9. The van der Waals surface area contributed by atoms with Crippen molar-refractivity contribution in [3.8, 4) is 0 Å². The maximum absolute atomic E-state index is 13.0. The van der Waals surface area contributed by atoms with Crippen molar-refractivity contribution in [3.05, 3.63) is 33.3 Å². The number of thiazole rings is 1. The minimum atomic E-state index is -0.0981. The molecular formula is C24H32N6O2S2. The Kier molecular flexibility index (Phi) is 6.74. The Balaban J connectivity index is 1.25. The number of aromatic nitrogens is 2. The lowest BCUT2D eigenvalue weighted by Crippen LogP contribution is -2.39. The van der Waals surface area contributed by atoms with Gasteiger partial charge >= 0.3 is 0 Å². The molecule has 5 rings (SSSR count). The third kappa shape index (κ3) is 4.51. The Morgan fingerprint density at radius 2 is 2.15 bits per heavy atom. The van der Waals surface area contributed by atoms with Gasteiger partial charge < -0.3 is 26.0 Å². The molecule has 3 aromatic heterocycles. The van der Waals surface area contributed by atoms with Gasteiger partial charge in [0.05, 0.1) is 22.0 Å². The monoisotopic (exact) mass is 500 g/mol. The van der Waals surface area contributed by atoms with Crippen molar-refractivity contribution < 1.29 is 9.53 Å². The highest BCUT2D eigenvalue weighted by Gasteiger charge is 2.33. The summed E-state index contributed by atoms with van der Waals surface area (Å²) in [6.45, 7) is 7.70. The van der Waals surface area contributed by atoms with Gasteiger partial charge in [0.2, 0.25) is 0 Å². The van der Waals surface area contributed by atoms with Gasteiger partial charge in [0.1, 0.15) is 15.5 Å². The van der Waals surface area contributed by atoms with Gasteiger partial charge in [0.15, 0.2) is 0 Å². The van der Waals surface area contributed by atoms with Crippen molar-refractivity contribution in [2.24, 2.45) is 5.92 Å². The van der Waals surface area contributed by atoms with E-state index in [0.717, 1.165) is 71.6 Å². The molecule has 0 spiro atoms. The number of amides is 1. The van der Waals surface area contributed by atoms with Crippen molar-refractivity contribution in [2.75, 3.05) is 44.0 Å². The summed E-state index contributed by atoms with van der Waals surface area (Å²) >= 11 is 2.92. The van der Waals surface area contributed by atoms with Gasteiger partial charge in [-0.2, -0.15) is 0 Å². The van der Waals surface area contributed by atoms with Gasteiger partial charge in [-0.15, -0.1) is 22.7 Å². The molecule has 182 valence electrons. The number of aryl methyl sites for hydroxylation is 2. The number of thiophene rings is 1. The van der Waals surface area contributed by atoms with Crippen molar-refractivity contribution in [2.45, 2.75) is 45.2 Å². The van der Waals surface area contributed by atoms with E-state index in [1.807, 2.05) is 6.92 Å². The summed E-state index contributed by atoms with van der Waals surface area (Å²) in [5, 5.41) is 7.76. The minimum absolute atomic E-state index is 0.0814. The molecule has 0 radical (unpaired) electrons. The van der Waals surface area contributed by atoms with Crippen molar-refractivity contribution in [1.82, 2.24) is 20.6 Å². The fourth-order valence-corrected chi connectivity index (χ4v) is 7.25. The van der Waals surface area contributed by atoms with Crippen LogP contribution >= 0.6 is 22.7 Å². The van der Waals surface area contributed by atoms with Crippen LogP contribution in [0.15, 0.2) is 12.1 Å². The second-order valence-corrected chi connectivity index (χ2v) is 11.4. The van der Waals surface area contributed by atoms with E-state index < -0.39 is 0 Å². The Morgan fingerprint density at radius 1 is 1.29 bits per heavy atom. The Bertz CT molecular complexity index is 1180. The van der Waals surface area contributed by atoms with Crippen LogP contribution in [0.2, 0.25) is 0 Å². The molecule has 8 nitrogen and oxygen atoms in total. The molecule has 34 heavy (non-hydrogen) atoms. The first-order valence-corrected chi connectivity index (χ1v) is 13.5. The molecule has 1 aliphatic heterocycles. The SMILES string of the molecule is CCNC1CN(c2ccc3c(n2)CCC(NC(=O)c2sc4nc(C)sc4c2N)C3)CC1COC. The van der Waals surface area contributed by atoms with Crippen LogP contribution in [0.1, 0.15) is 39.3 Å². The van der Waals surface area contributed by atoms with Crippen LogP contribution in [0.5, 0.6) is 0 Å². The van der Waals surface area contributed by atoms with Gasteiger partial charge in [-0.1, -0.05) is 13.0 Å². The van der Waals surface area contributed by atoms with Crippen LogP contribution in [0.4, 0.5) is 11.5 Å². The molecule has 0 saturated carbocycles. The van der Waals surface area contributed by atoms with E-state index >= 15 is 0 Å². The molecule has 0 bridgehead atoms. The molecule has 1 aliphatic carbocycles. The quantitative estimate of drug-likeness (QED) is 0.458. The van der Waals surface area contributed by atoms with E-state index in [9.17, 15) is 4.79 Å². The first-order chi connectivity index (χ1) is 16.5. The molecule has 1 fully saturated rings. The van der Waals surface area contributed by atoms with Gasteiger partial charge in [0.25, 0.3) is 5.91 Å². The average Bonchev–Trinajstić information content (AvgIpc) is 3.48. The van der Waals surface area contributed by atoms with Crippen LogP contribution in [0, 0.1) is 12.8 Å². The third-order valence-electron chi connectivity index (χ3n) is 6.79. The van der Waals surface area contributed by atoms with E-state index in [4.69, 9.17) is 15.5 Å². The molecule has 2 aliphatic rings. The van der Waals surface area contributed by atoms with Crippen molar-refractivity contribution in [1.29, 1.82) is 0 Å². The first kappa shape index (κ1) is 23.5. The molecule has 10 heteroatoms. The largest absolute Gasteiger partial charge is 0.396 e. The number of ether oxygens (including phenoxy) is 1. The Morgan fingerprint density at radius 3 is 2.91 bits per heavy atom. The normalized spacial score (nSPS) is 22.3. The number of anilines is 2. The number of nitrogens with zero attached hydrogens (tertiary/aromatic N) is 3. The lowest BCUT2D eigenvalue weighted by Gasteiger charge is -2.26. The smallest absolute Gasteiger partial charge is 0.263 e. The number of rotatable bonds is 7. The molecule has 4 heterocycles. The second-order valence-electron chi connectivity index (χ2n) is 9.19. The number of pyridine rings is 1. The molecule has 1 amide bonds. The number of methoxy groups -OCH3 is 1. The number of nitrogens with two attached hydrogens (primary N) is 1. The number of carbonyl (C=O) groups is 1. The van der Waals surface area contributed by atoms with E-state index in [0.29, 0.717) is 22.5 Å². The molecule has 0 aromatic carbocycles. The van der Waals surface area contributed by atoms with Crippen LogP contribution < -0.4 is 21.3 Å². The zero-order valence-electron chi connectivity index (χ0n) is 19.9. The first-order valence-electron chi connectivity index (χ1n) is 11.9. The number of fused-ring (bicyclic) bond motifs is 2. The molecule has 3 atom stereocenters. The summed E-state index contributed by atoms with van der Waals surface area (Å²) in [4.78, 5) is 26.2. The van der Waals surface area contributed by atoms with Crippen LogP contribution in [0.25, 0.3) is 9.53 Å². The maximum Gasteiger partial charge on any atom is 0.263 e. The van der Waals surface area contributed by atoms with Gasteiger partial charge in [-0.3, -0.25) is 4.79 Å². The number of hydrogen-bond donors (Lipinski definition) is 3. The zero-order valence-corrected chi connectivity index (χ0v) is 21.5. The topological polar surface area (TPSA) is 105 Å². The van der Waals surface area contributed by atoms with Crippen LogP contribution in [-0.4, -0.2) is 61.3 Å². The minimum Gasteiger partial charge on any atom is -0.396 e. The van der Waals surface area contributed by atoms with E-state index in [1.54, 1.807) is 18.4 Å². The fourth-order valence-electron chi connectivity index (χ4n) is 5.16. The molecule has 3 aromatic rings. The summed E-state index contributed by atoms with van der Waals surface area (Å²) in [7, 11) is 1.77. The van der Waals surface area contributed by atoms with Crippen LogP contribution in [0.3, 0.4) is 0 Å². The Labute approximate surface area is 207 Å². The predicted molar refractivity (Wildman–Crippen MR) is 139 cm³/mol. The van der Waals surface area contributed by atoms with E-state index in [1.165, 1.54) is 16.9 Å². The number of likely N-dealkylation sites (N-methyl/N-ethyl adjacent to an activating group) is 1. The number of carbonyl (C=O) groups excluding carboxylic acids is 1. The van der Waals surface area contributed by atoms with Gasteiger partial charge in [0, 0.05) is 43.9 Å². The van der Waals surface area contributed by atoms with Crippen molar-refractivity contribution in [3.63, 3.8) is 0 Å². The van der Waals surface area contributed by atoms with Crippen LogP contribution in [-0.2, 0) is 17.6 Å². The lowest BCUT2D eigenvalue weighted by atomic mass is 9.91.